The van der Waals surface area contributed by atoms with Crippen LogP contribution in [0, 0.1) is 0 Å². The Morgan fingerprint density at radius 2 is 2.05 bits per heavy atom. The van der Waals surface area contributed by atoms with Crippen molar-refractivity contribution in [2.75, 3.05) is 7.11 Å². The summed E-state index contributed by atoms with van der Waals surface area (Å²) in [5.41, 5.74) is 2.46. The first-order chi connectivity index (χ1) is 9.24. The van der Waals surface area contributed by atoms with Crippen LogP contribution in [0.3, 0.4) is 0 Å². The zero-order valence-electron chi connectivity index (χ0n) is 11.8. The predicted molar refractivity (Wildman–Crippen MR) is 76.1 cm³/mol. The number of hydrogen-bond acceptors (Lipinski definition) is 3. The summed E-state index contributed by atoms with van der Waals surface area (Å²) in [7, 11) is 1.68. The Hall–Kier alpha value is -1.81. The van der Waals surface area contributed by atoms with Crippen LogP contribution in [0.5, 0.6) is 5.75 Å². The summed E-state index contributed by atoms with van der Waals surface area (Å²) in [4.78, 5) is 4.17. The molecule has 0 saturated heterocycles. The molecule has 0 aliphatic heterocycles. The Morgan fingerprint density at radius 3 is 2.68 bits per heavy atom. The monoisotopic (exact) mass is 259 g/mol. The van der Waals surface area contributed by atoms with Crippen LogP contribution in [-0.2, 0) is 13.1 Å². The third kappa shape index (κ3) is 3.35. The molecule has 0 amide bonds. The average molecular weight is 259 g/mol. The molecular formula is C15H21N3O. The van der Waals surface area contributed by atoms with Gasteiger partial charge in [0, 0.05) is 25.3 Å². The van der Waals surface area contributed by atoms with Crippen LogP contribution in [0.2, 0.25) is 0 Å². The fraction of sp³-hybridized carbons (Fsp3) is 0.400. The number of aromatic nitrogens is 2. The highest BCUT2D eigenvalue weighted by Crippen LogP contribution is 2.17. The van der Waals surface area contributed by atoms with E-state index in [9.17, 15) is 0 Å². The van der Waals surface area contributed by atoms with Crippen molar-refractivity contribution in [1.29, 1.82) is 0 Å². The van der Waals surface area contributed by atoms with Gasteiger partial charge >= 0.3 is 0 Å². The SMILES string of the molecule is CCn1cncc1CN[C@@H](C)c1ccc(OC)cc1. The number of aryl methyl sites for hydroxylation is 1. The molecule has 4 heteroatoms. The van der Waals surface area contributed by atoms with E-state index < -0.39 is 0 Å². The lowest BCUT2D eigenvalue weighted by atomic mass is 10.1. The number of benzene rings is 1. The molecule has 0 saturated carbocycles. The minimum absolute atomic E-state index is 0.297. The van der Waals surface area contributed by atoms with Crippen molar-refractivity contribution in [2.24, 2.45) is 0 Å². The smallest absolute Gasteiger partial charge is 0.118 e. The van der Waals surface area contributed by atoms with Crippen molar-refractivity contribution in [2.45, 2.75) is 33.0 Å². The third-order valence-electron chi connectivity index (χ3n) is 3.34. The Labute approximate surface area is 114 Å². The summed E-state index contributed by atoms with van der Waals surface area (Å²) in [6.45, 7) is 6.06. The first-order valence-corrected chi connectivity index (χ1v) is 6.61. The van der Waals surface area contributed by atoms with Gasteiger partial charge in [-0.05, 0) is 31.5 Å². The van der Waals surface area contributed by atoms with Crippen molar-refractivity contribution >= 4 is 0 Å². The van der Waals surface area contributed by atoms with Crippen LogP contribution in [0.4, 0.5) is 0 Å². The fourth-order valence-electron chi connectivity index (χ4n) is 2.05. The lowest BCUT2D eigenvalue weighted by molar-refractivity contribution is 0.414. The van der Waals surface area contributed by atoms with E-state index in [4.69, 9.17) is 4.74 Å². The van der Waals surface area contributed by atoms with Crippen LogP contribution < -0.4 is 10.1 Å². The van der Waals surface area contributed by atoms with E-state index >= 15 is 0 Å². The van der Waals surface area contributed by atoms with Crippen LogP contribution in [0.15, 0.2) is 36.8 Å². The van der Waals surface area contributed by atoms with Crippen molar-refractivity contribution in [3.05, 3.63) is 48.0 Å². The minimum Gasteiger partial charge on any atom is -0.497 e. The van der Waals surface area contributed by atoms with E-state index in [0.717, 1.165) is 18.8 Å². The molecule has 0 spiro atoms. The number of rotatable bonds is 6. The normalized spacial score (nSPS) is 12.4. The van der Waals surface area contributed by atoms with E-state index in [1.807, 2.05) is 24.7 Å². The zero-order valence-corrected chi connectivity index (χ0v) is 11.8. The van der Waals surface area contributed by atoms with Crippen LogP contribution in [-0.4, -0.2) is 16.7 Å². The molecule has 0 fully saturated rings. The lowest BCUT2D eigenvalue weighted by Gasteiger charge is -2.15. The molecular weight excluding hydrogens is 238 g/mol. The van der Waals surface area contributed by atoms with Gasteiger partial charge in [0.15, 0.2) is 0 Å². The molecule has 1 aromatic heterocycles. The molecule has 0 radical (unpaired) electrons. The summed E-state index contributed by atoms with van der Waals surface area (Å²) in [5.74, 6) is 0.889. The molecule has 0 aliphatic rings. The maximum absolute atomic E-state index is 5.17. The van der Waals surface area contributed by atoms with Crippen molar-refractivity contribution in [3.63, 3.8) is 0 Å². The number of nitrogens with one attached hydrogen (secondary N) is 1. The second-order valence-corrected chi connectivity index (χ2v) is 4.55. The maximum atomic E-state index is 5.17. The number of nitrogens with zero attached hydrogens (tertiary/aromatic N) is 2. The van der Waals surface area contributed by atoms with Gasteiger partial charge in [-0.3, -0.25) is 0 Å². The number of imidazole rings is 1. The molecule has 2 aromatic rings. The fourth-order valence-corrected chi connectivity index (χ4v) is 2.05. The number of methoxy groups -OCH3 is 1. The minimum atomic E-state index is 0.297. The largest absolute Gasteiger partial charge is 0.497 e. The first kappa shape index (κ1) is 13.6. The standard InChI is InChI=1S/C15H21N3O/c1-4-18-11-16-9-14(18)10-17-12(2)13-5-7-15(19-3)8-6-13/h5-9,11-12,17H,4,10H2,1-3H3/t12-/m0/s1. The van der Waals surface area contributed by atoms with Crippen molar-refractivity contribution in [1.82, 2.24) is 14.9 Å². The van der Waals surface area contributed by atoms with Gasteiger partial charge in [0.2, 0.25) is 0 Å². The number of hydrogen-bond donors (Lipinski definition) is 1. The molecule has 2 rings (SSSR count). The number of ether oxygens (including phenoxy) is 1. The van der Waals surface area contributed by atoms with Gasteiger partial charge in [0.1, 0.15) is 5.75 Å². The summed E-state index contributed by atoms with van der Waals surface area (Å²) >= 11 is 0. The van der Waals surface area contributed by atoms with Crippen LogP contribution >= 0.6 is 0 Å². The van der Waals surface area contributed by atoms with E-state index in [0.29, 0.717) is 6.04 Å². The Balaban J connectivity index is 1.95. The highest BCUT2D eigenvalue weighted by molar-refractivity contribution is 5.28. The van der Waals surface area contributed by atoms with E-state index in [1.54, 1.807) is 7.11 Å². The van der Waals surface area contributed by atoms with Crippen LogP contribution in [0.1, 0.15) is 31.1 Å². The third-order valence-corrected chi connectivity index (χ3v) is 3.34. The predicted octanol–water partition coefficient (Wildman–Crippen LogP) is 2.76. The Kier molecular flexibility index (Phi) is 4.58. The average Bonchev–Trinajstić information content (AvgIpc) is 2.92. The van der Waals surface area contributed by atoms with Crippen molar-refractivity contribution < 1.29 is 4.74 Å². The molecule has 1 N–H and O–H groups in total. The van der Waals surface area contributed by atoms with Gasteiger partial charge in [-0.15, -0.1) is 0 Å². The Morgan fingerprint density at radius 1 is 1.32 bits per heavy atom. The molecule has 4 nitrogen and oxygen atoms in total. The van der Waals surface area contributed by atoms with E-state index in [-0.39, 0.29) is 0 Å². The first-order valence-electron chi connectivity index (χ1n) is 6.61. The topological polar surface area (TPSA) is 39.1 Å². The summed E-state index contributed by atoms with van der Waals surface area (Å²) in [6, 6.07) is 8.46. The van der Waals surface area contributed by atoms with Gasteiger partial charge in [-0.1, -0.05) is 12.1 Å². The van der Waals surface area contributed by atoms with Gasteiger partial charge in [0.05, 0.1) is 19.1 Å². The Bertz CT molecular complexity index is 504. The van der Waals surface area contributed by atoms with Gasteiger partial charge in [-0.2, -0.15) is 0 Å². The summed E-state index contributed by atoms with van der Waals surface area (Å²) in [5, 5.41) is 3.51. The highest BCUT2D eigenvalue weighted by atomic mass is 16.5. The molecule has 1 aromatic carbocycles. The molecule has 0 aliphatic carbocycles. The molecule has 19 heavy (non-hydrogen) atoms. The van der Waals surface area contributed by atoms with Crippen LogP contribution in [0.25, 0.3) is 0 Å². The second-order valence-electron chi connectivity index (χ2n) is 4.55. The summed E-state index contributed by atoms with van der Waals surface area (Å²) < 4.78 is 7.31. The molecule has 1 heterocycles. The van der Waals surface area contributed by atoms with Gasteiger partial charge < -0.3 is 14.6 Å². The van der Waals surface area contributed by atoms with E-state index in [2.05, 4.69) is 40.8 Å². The maximum Gasteiger partial charge on any atom is 0.118 e. The molecule has 0 unspecified atom stereocenters. The zero-order chi connectivity index (χ0) is 13.7. The molecule has 1 atom stereocenters. The summed E-state index contributed by atoms with van der Waals surface area (Å²) in [6.07, 6.45) is 3.78. The highest BCUT2D eigenvalue weighted by Gasteiger charge is 2.06. The lowest BCUT2D eigenvalue weighted by Crippen LogP contribution is -2.19. The second kappa shape index (κ2) is 6.38. The quantitative estimate of drug-likeness (QED) is 0.867. The van der Waals surface area contributed by atoms with Crippen molar-refractivity contribution in [3.8, 4) is 5.75 Å². The van der Waals surface area contributed by atoms with Gasteiger partial charge in [0.25, 0.3) is 0 Å². The molecule has 102 valence electrons. The van der Waals surface area contributed by atoms with Gasteiger partial charge in [-0.25, -0.2) is 4.98 Å². The molecule has 0 bridgehead atoms. The van der Waals surface area contributed by atoms with E-state index in [1.165, 1.54) is 11.3 Å².